The highest BCUT2D eigenvalue weighted by atomic mass is 19.1. The third-order valence-corrected chi connectivity index (χ3v) is 4.25. The molecule has 0 saturated heterocycles. The number of pyridine rings is 1. The maximum Gasteiger partial charge on any atom is 0.433 e. The molecule has 0 atom stereocenters. The molecular formula is C21H13FN4O4. The van der Waals surface area contributed by atoms with E-state index in [9.17, 15) is 19.3 Å². The number of amides is 1. The van der Waals surface area contributed by atoms with Gasteiger partial charge in [0.25, 0.3) is 5.91 Å². The van der Waals surface area contributed by atoms with Crippen molar-refractivity contribution in [2.45, 2.75) is 0 Å². The first-order chi connectivity index (χ1) is 14.5. The lowest BCUT2D eigenvalue weighted by Crippen LogP contribution is -2.18. The number of hydrazone groups is 1. The largest absolute Gasteiger partial charge is 0.433 e. The number of nitrogens with zero attached hydrogens (tertiary/aromatic N) is 3. The number of hydrogen-bond acceptors (Lipinski definition) is 6. The Hall–Kier alpha value is -4.40. The molecule has 0 bridgehead atoms. The van der Waals surface area contributed by atoms with Gasteiger partial charge in [-0.25, -0.2) is 14.8 Å². The van der Waals surface area contributed by atoms with Crippen molar-refractivity contribution in [1.29, 1.82) is 0 Å². The summed E-state index contributed by atoms with van der Waals surface area (Å²) in [4.78, 5) is 27.3. The van der Waals surface area contributed by atoms with Crippen molar-refractivity contribution in [1.82, 2.24) is 10.4 Å². The first kappa shape index (κ1) is 18.9. The van der Waals surface area contributed by atoms with Gasteiger partial charge in [-0.05, 0) is 42.5 Å². The molecule has 148 valence electrons. The Labute approximate surface area is 168 Å². The molecule has 8 nitrogen and oxygen atoms in total. The molecule has 0 saturated carbocycles. The average Bonchev–Trinajstić information content (AvgIpc) is 3.23. The Bertz CT molecular complexity index is 1280. The number of nitro groups is 1. The Morgan fingerprint density at radius 3 is 2.63 bits per heavy atom. The van der Waals surface area contributed by atoms with Gasteiger partial charge in [0, 0.05) is 10.9 Å². The number of aromatic nitrogens is 1. The van der Waals surface area contributed by atoms with E-state index in [-0.39, 0.29) is 11.6 Å². The van der Waals surface area contributed by atoms with Gasteiger partial charge in [0.05, 0.1) is 29.1 Å². The number of benzene rings is 2. The lowest BCUT2D eigenvalue weighted by Gasteiger charge is -2.09. The van der Waals surface area contributed by atoms with E-state index in [0.717, 1.165) is 6.21 Å². The van der Waals surface area contributed by atoms with Gasteiger partial charge in [0.15, 0.2) is 5.76 Å². The quantitative estimate of drug-likeness (QED) is 0.303. The number of para-hydroxylation sites is 1. The van der Waals surface area contributed by atoms with Crippen LogP contribution in [0.4, 0.5) is 10.3 Å². The molecule has 30 heavy (non-hydrogen) atoms. The van der Waals surface area contributed by atoms with Crippen molar-refractivity contribution >= 4 is 28.9 Å². The Balaban J connectivity index is 1.64. The van der Waals surface area contributed by atoms with Crippen LogP contribution in [-0.4, -0.2) is 22.0 Å². The van der Waals surface area contributed by atoms with Crippen molar-refractivity contribution in [2.24, 2.45) is 5.10 Å². The molecule has 0 spiro atoms. The Kier molecular flexibility index (Phi) is 5.00. The molecule has 2 heterocycles. The van der Waals surface area contributed by atoms with Gasteiger partial charge in [0.1, 0.15) is 10.7 Å². The van der Waals surface area contributed by atoms with Crippen molar-refractivity contribution in [3.05, 3.63) is 94.0 Å². The third-order valence-electron chi connectivity index (χ3n) is 4.25. The second-order valence-corrected chi connectivity index (χ2v) is 6.21. The minimum Gasteiger partial charge on any atom is -0.400 e. The molecule has 2 aromatic carbocycles. The normalized spacial score (nSPS) is 11.1. The smallest absolute Gasteiger partial charge is 0.400 e. The van der Waals surface area contributed by atoms with Crippen LogP contribution in [-0.2, 0) is 0 Å². The molecule has 1 N–H and O–H groups in total. The molecule has 9 heteroatoms. The molecule has 4 aromatic rings. The van der Waals surface area contributed by atoms with Crippen LogP contribution in [0.3, 0.4) is 0 Å². The summed E-state index contributed by atoms with van der Waals surface area (Å²) in [6.45, 7) is 0. The van der Waals surface area contributed by atoms with Crippen LogP contribution in [0.15, 0.2) is 76.2 Å². The monoisotopic (exact) mass is 404 g/mol. The topological polar surface area (TPSA) is 111 Å². The van der Waals surface area contributed by atoms with Crippen LogP contribution in [0.1, 0.15) is 16.1 Å². The van der Waals surface area contributed by atoms with Crippen LogP contribution in [0.5, 0.6) is 0 Å². The Morgan fingerprint density at radius 1 is 1.13 bits per heavy atom. The van der Waals surface area contributed by atoms with Gasteiger partial charge < -0.3 is 4.42 Å². The molecule has 0 aliphatic rings. The predicted octanol–water partition coefficient (Wildman–Crippen LogP) is 4.31. The lowest BCUT2D eigenvalue weighted by molar-refractivity contribution is -0.402. The number of halogens is 1. The number of nitrogens with one attached hydrogen (secondary N) is 1. The maximum atomic E-state index is 13.2. The van der Waals surface area contributed by atoms with Gasteiger partial charge in [-0.1, -0.05) is 18.2 Å². The number of hydrogen-bond donors (Lipinski definition) is 1. The minimum absolute atomic E-state index is 0.119. The van der Waals surface area contributed by atoms with E-state index in [0.29, 0.717) is 27.7 Å². The van der Waals surface area contributed by atoms with E-state index in [1.54, 1.807) is 42.5 Å². The van der Waals surface area contributed by atoms with Gasteiger partial charge in [-0.15, -0.1) is 0 Å². The first-order valence-electron chi connectivity index (χ1n) is 8.74. The second-order valence-electron chi connectivity index (χ2n) is 6.21. The summed E-state index contributed by atoms with van der Waals surface area (Å²) in [7, 11) is 0. The Morgan fingerprint density at radius 2 is 1.90 bits per heavy atom. The summed E-state index contributed by atoms with van der Waals surface area (Å²) in [5.41, 5.74) is 4.45. The number of furan rings is 1. The molecule has 0 aliphatic carbocycles. The molecule has 4 rings (SSSR count). The molecule has 0 fully saturated rings. The summed E-state index contributed by atoms with van der Waals surface area (Å²) >= 11 is 0. The summed E-state index contributed by atoms with van der Waals surface area (Å²) in [6, 6.07) is 17.0. The lowest BCUT2D eigenvalue weighted by atomic mass is 10.0. The first-order valence-corrected chi connectivity index (χ1v) is 8.74. The summed E-state index contributed by atoms with van der Waals surface area (Å²) in [5, 5.41) is 15.1. The van der Waals surface area contributed by atoms with E-state index in [2.05, 4.69) is 15.5 Å². The average molecular weight is 404 g/mol. The summed E-state index contributed by atoms with van der Waals surface area (Å²) < 4.78 is 18.2. The predicted molar refractivity (Wildman–Crippen MR) is 108 cm³/mol. The fourth-order valence-electron chi connectivity index (χ4n) is 2.86. The number of carbonyl (C=O) groups excluding carboxylic acids is 1. The van der Waals surface area contributed by atoms with Crippen LogP contribution < -0.4 is 5.43 Å². The van der Waals surface area contributed by atoms with Crippen molar-refractivity contribution in [2.75, 3.05) is 0 Å². The van der Waals surface area contributed by atoms with E-state index < -0.39 is 16.7 Å². The fraction of sp³-hybridized carbons (Fsp3) is 0. The number of fused-ring (bicyclic) bond motifs is 1. The minimum atomic E-state index is -0.671. The molecule has 0 aliphatic heterocycles. The highest BCUT2D eigenvalue weighted by Gasteiger charge is 2.14. The van der Waals surface area contributed by atoms with Crippen LogP contribution in [0, 0.1) is 15.9 Å². The molecule has 1 amide bonds. The number of carbonyl (C=O) groups is 1. The zero-order chi connectivity index (χ0) is 21.1. The van der Waals surface area contributed by atoms with Crippen molar-refractivity contribution in [3.8, 4) is 11.3 Å². The highest BCUT2D eigenvalue weighted by molar-refractivity contribution is 6.07. The fourth-order valence-corrected chi connectivity index (χ4v) is 2.86. The highest BCUT2D eigenvalue weighted by Crippen LogP contribution is 2.25. The zero-order valence-corrected chi connectivity index (χ0v) is 15.3. The molecular weight excluding hydrogens is 391 g/mol. The molecule has 2 aromatic heterocycles. The number of rotatable bonds is 5. The maximum absolute atomic E-state index is 13.2. The third kappa shape index (κ3) is 3.90. The van der Waals surface area contributed by atoms with Crippen molar-refractivity contribution in [3.63, 3.8) is 0 Å². The van der Waals surface area contributed by atoms with E-state index in [4.69, 9.17) is 4.42 Å². The van der Waals surface area contributed by atoms with E-state index in [1.807, 2.05) is 0 Å². The van der Waals surface area contributed by atoms with Crippen molar-refractivity contribution < 1.29 is 18.5 Å². The summed E-state index contributed by atoms with van der Waals surface area (Å²) in [5.74, 6) is -1.18. The standard InChI is InChI=1S/C21H13FN4O4/c22-14-7-5-13(6-8-14)19-11-17(16-3-1-2-4-18(16)24-19)21(27)25-23-12-15-9-10-20(30-15)26(28)29/h1-12H,(H,25,27)/b23-12-. The second kappa shape index (κ2) is 7.92. The SMILES string of the molecule is O=C(N/N=C\c1ccc([N+](=O)[O-])o1)c1cc(-c2ccc(F)cc2)nc2ccccc12. The zero-order valence-electron chi connectivity index (χ0n) is 15.3. The molecule has 0 unspecified atom stereocenters. The van der Waals surface area contributed by atoms with Gasteiger partial charge in [0.2, 0.25) is 0 Å². The van der Waals surface area contributed by atoms with Gasteiger partial charge in [-0.3, -0.25) is 14.9 Å². The van der Waals surface area contributed by atoms with E-state index in [1.165, 1.54) is 24.3 Å². The summed E-state index contributed by atoms with van der Waals surface area (Å²) in [6.07, 6.45) is 1.16. The van der Waals surface area contributed by atoms with Crippen LogP contribution in [0.2, 0.25) is 0 Å². The van der Waals surface area contributed by atoms with Crippen LogP contribution >= 0.6 is 0 Å². The van der Waals surface area contributed by atoms with E-state index >= 15 is 0 Å². The molecule has 0 radical (unpaired) electrons. The van der Waals surface area contributed by atoms with Gasteiger partial charge in [-0.2, -0.15) is 5.10 Å². The van der Waals surface area contributed by atoms with Gasteiger partial charge >= 0.3 is 5.88 Å². The van der Waals surface area contributed by atoms with Crippen LogP contribution in [0.25, 0.3) is 22.2 Å².